The van der Waals surface area contributed by atoms with Crippen molar-refractivity contribution in [1.82, 2.24) is 15.3 Å². The maximum atomic E-state index is 13.3. The third kappa shape index (κ3) is 6.87. The second-order valence-corrected chi connectivity index (χ2v) is 13.5. The van der Waals surface area contributed by atoms with Gasteiger partial charge in [0, 0.05) is 25.1 Å². The molecule has 2 aromatic carbocycles. The summed E-state index contributed by atoms with van der Waals surface area (Å²) in [4.78, 5) is 20.1. The Morgan fingerprint density at radius 1 is 1.12 bits per heavy atom. The summed E-state index contributed by atoms with van der Waals surface area (Å²) in [6.45, 7) is 8.41. The van der Waals surface area contributed by atoms with Crippen LogP contribution in [0.15, 0.2) is 53.4 Å². The Kier molecular flexibility index (Phi) is 7.70. The van der Waals surface area contributed by atoms with Crippen LogP contribution in [0.1, 0.15) is 68.8 Å². The van der Waals surface area contributed by atoms with E-state index in [1.54, 1.807) is 6.07 Å². The van der Waals surface area contributed by atoms with Gasteiger partial charge in [-0.3, -0.25) is 0 Å². The van der Waals surface area contributed by atoms with Gasteiger partial charge in [-0.05, 0) is 86.6 Å². The van der Waals surface area contributed by atoms with E-state index in [0.29, 0.717) is 17.0 Å². The summed E-state index contributed by atoms with van der Waals surface area (Å²) in [7, 11) is -4.21. The van der Waals surface area contributed by atoms with Crippen LogP contribution in [0, 0.1) is 25.2 Å². The second-order valence-electron chi connectivity index (χ2n) is 11.9. The van der Waals surface area contributed by atoms with Gasteiger partial charge < -0.3 is 15.2 Å². The number of rotatable bonds is 12. The van der Waals surface area contributed by atoms with E-state index in [2.05, 4.69) is 33.9 Å². The number of aromatic carboxylic acids is 1. The summed E-state index contributed by atoms with van der Waals surface area (Å²) in [5.74, 6) is -0.846. The van der Waals surface area contributed by atoms with Crippen LogP contribution in [0.3, 0.4) is 0 Å². The molecule has 0 unspecified atom stereocenters. The number of ether oxygens (including phenoxy) is 1. The lowest BCUT2D eigenvalue weighted by molar-refractivity contribution is 0.0696. The monoisotopic (exact) mass is 579 g/mol. The molecule has 2 fully saturated rings. The largest absolute Gasteiger partial charge is 0.478 e. The van der Waals surface area contributed by atoms with Crippen LogP contribution in [-0.2, 0) is 10.0 Å². The van der Waals surface area contributed by atoms with E-state index in [-0.39, 0.29) is 34.9 Å². The van der Waals surface area contributed by atoms with Crippen molar-refractivity contribution >= 4 is 21.9 Å². The summed E-state index contributed by atoms with van der Waals surface area (Å²) < 4.78 is 44.0. The van der Waals surface area contributed by atoms with Crippen molar-refractivity contribution in [2.24, 2.45) is 11.3 Å². The molecule has 3 aromatic rings. The fourth-order valence-electron chi connectivity index (χ4n) is 5.56. The molecule has 10 heteroatoms. The van der Waals surface area contributed by atoms with Crippen LogP contribution in [0.4, 0.5) is 5.95 Å². The Morgan fingerprint density at radius 3 is 2.44 bits per heavy atom. The Hall–Kier alpha value is -3.50. The summed E-state index contributed by atoms with van der Waals surface area (Å²) >= 11 is 0. The molecule has 2 aliphatic carbocycles. The lowest BCUT2D eigenvalue weighted by atomic mass is 9.76. The average molecular weight is 580 g/mol. The minimum atomic E-state index is -4.21. The van der Waals surface area contributed by atoms with E-state index < -0.39 is 22.0 Å². The maximum absolute atomic E-state index is 13.3. The third-order valence-electron chi connectivity index (χ3n) is 7.79. The molecule has 2 aliphatic rings. The minimum Gasteiger partial charge on any atom is -0.478 e. The molecule has 0 bridgehead atoms. The number of aromatic nitrogens is 2. The van der Waals surface area contributed by atoms with Gasteiger partial charge in [0.05, 0.1) is 16.2 Å². The number of hydrogen-bond acceptors (Lipinski definition) is 7. The van der Waals surface area contributed by atoms with Crippen LogP contribution in [0.25, 0.3) is 11.3 Å². The molecular weight excluding hydrogens is 540 g/mol. The highest BCUT2D eigenvalue weighted by atomic mass is 32.2. The van der Waals surface area contributed by atoms with Gasteiger partial charge in [-0.15, -0.1) is 0 Å². The standard InChI is InChI=1S/C31H38N4O5S/c1-19(2)13-23(32-24-16-31(17-24)11-12-31)18-40-27-15-26(28-20(3)7-5-8-21(28)4)33-30(34-27)35-41(38,39)25-10-6-9-22(14-25)29(36)37/h5-10,14-15,19,23-24,32H,11-13,16-18H2,1-4H3,(H,36,37)(H,33,34,35)/t23-/m1/s1/i24D. The Bertz CT molecular complexity index is 1580. The molecule has 0 aliphatic heterocycles. The van der Waals surface area contributed by atoms with Gasteiger partial charge in [0.25, 0.3) is 10.0 Å². The first-order valence-corrected chi connectivity index (χ1v) is 15.5. The fraction of sp³-hybridized carbons (Fsp3) is 0.452. The van der Waals surface area contributed by atoms with E-state index >= 15 is 0 Å². The first kappa shape index (κ1) is 27.7. The maximum Gasteiger partial charge on any atom is 0.335 e. The number of carboxylic acids is 1. The molecule has 1 aromatic heterocycles. The van der Waals surface area contributed by atoms with Crippen molar-refractivity contribution in [2.75, 3.05) is 11.3 Å². The zero-order valence-electron chi connectivity index (χ0n) is 24.9. The van der Waals surface area contributed by atoms with Crippen molar-refractivity contribution in [3.8, 4) is 17.1 Å². The number of hydrogen-bond donors (Lipinski definition) is 3. The predicted molar refractivity (Wildman–Crippen MR) is 158 cm³/mol. The van der Waals surface area contributed by atoms with Gasteiger partial charge >= 0.3 is 5.97 Å². The second kappa shape index (κ2) is 11.4. The quantitative estimate of drug-likeness (QED) is 0.253. The van der Waals surface area contributed by atoms with E-state index in [4.69, 9.17) is 6.11 Å². The van der Waals surface area contributed by atoms with Gasteiger partial charge in [-0.1, -0.05) is 38.1 Å². The highest BCUT2D eigenvalue weighted by Gasteiger charge is 2.53. The molecule has 41 heavy (non-hydrogen) atoms. The first-order valence-electron chi connectivity index (χ1n) is 14.5. The van der Waals surface area contributed by atoms with Crippen molar-refractivity contribution in [3.63, 3.8) is 0 Å². The number of carboxylic acid groups (broad SMARTS) is 1. The van der Waals surface area contributed by atoms with Crippen molar-refractivity contribution in [2.45, 2.75) is 76.8 Å². The lowest BCUT2D eigenvalue weighted by Crippen LogP contribution is -2.49. The Morgan fingerprint density at radius 2 is 1.80 bits per heavy atom. The van der Waals surface area contributed by atoms with Gasteiger partial charge in [-0.2, -0.15) is 4.98 Å². The zero-order chi connectivity index (χ0) is 30.3. The topological polar surface area (TPSA) is 131 Å². The number of benzene rings is 2. The van der Waals surface area contributed by atoms with Crippen molar-refractivity contribution < 1.29 is 24.4 Å². The normalized spacial score (nSPS) is 17.9. The van der Waals surface area contributed by atoms with E-state index in [0.717, 1.165) is 42.0 Å². The summed E-state index contributed by atoms with van der Waals surface area (Å²) in [5.41, 5.74) is 3.47. The van der Waals surface area contributed by atoms with Crippen LogP contribution in [0.2, 0.25) is 0 Å². The number of aryl methyl sites for hydroxylation is 2. The first-order chi connectivity index (χ1) is 19.8. The van der Waals surface area contributed by atoms with Crippen LogP contribution >= 0.6 is 0 Å². The molecule has 218 valence electrons. The molecular formula is C31H38N4O5S. The summed E-state index contributed by atoms with van der Waals surface area (Å²) in [6, 6.07) is 11.9. The number of sulfonamides is 1. The van der Waals surface area contributed by atoms with Gasteiger partial charge in [0.2, 0.25) is 11.8 Å². The van der Waals surface area contributed by atoms with E-state index in [9.17, 15) is 18.3 Å². The molecule has 0 amide bonds. The van der Waals surface area contributed by atoms with Crippen LogP contribution in [0.5, 0.6) is 5.88 Å². The zero-order valence-corrected chi connectivity index (χ0v) is 24.7. The third-order valence-corrected chi connectivity index (χ3v) is 9.11. The summed E-state index contributed by atoms with van der Waals surface area (Å²) in [5, 5.41) is 12.8. The van der Waals surface area contributed by atoms with Gasteiger partial charge in [-0.25, -0.2) is 22.9 Å². The van der Waals surface area contributed by atoms with E-state index in [1.807, 2.05) is 32.0 Å². The number of carbonyl (C=O) groups is 1. The fourth-order valence-corrected chi connectivity index (χ4v) is 6.55. The van der Waals surface area contributed by atoms with Gasteiger partial charge in [0.1, 0.15) is 6.61 Å². The SMILES string of the molecule is [2H]C1(N[C@@H](COc2cc(-c3c(C)cccc3C)nc(NS(=O)(=O)c3cccc(C(=O)O)c3)n2)CC(C)C)CC2(CC2)C1. The Labute approximate surface area is 243 Å². The Balaban J connectivity index is 1.44. The predicted octanol–water partition coefficient (Wildman–Crippen LogP) is 5.59. The number of nitrogens with one attached hydrogen (secondary N) is 2. The minimum absolute atomic E-state index is 0.0869. The summed E-state index contributed by atoms with van der Waals surface area (Å²) in [6.07, 6.45) is 4.94. The number of anilines is 1. The molecule has 3 N–H and O–H groups in total. The van der Waals surface area contributed by atoms with E-state index in [1.165, 1.54) is 31.0 Å². The van der Waals surface area contributed by atoms with Gasteiger partial charge in [0.15, 0.2) is 0 Å². The highest BCUT2D eigenvalue weighted by Crippen LogP contribution is 2.60. The van der Waals surface area contributed by atoms with Crippen LogP contribution < -0.4 is 14.8 Å². The molecule has 0 saturated heterocycles. The molecule has 0 radical (unpaired) electrons. The molecule has 1 atom stereocenters. The van der Waals surface area contributed by atoms with Crippen molar-refractivity contribution in [3.05, 3.63) is 65.2 Å². The molecule has 9 nitrogen and oxygen atoms in total. The van der Waals surface area contributed by atoms with Crippen molar-refractivity contribution in [1.29, 1.82) is 0 Å². The number of nitrogens with zero attached hydrogens (tertiary/aromatic N) is 2. The molecule has 5 rings (SSSR count). The highest BCUT2D eigenvalue weighted by molar-refractivity contribution is 7.92. The molecule has 1 heterocycles. The molecule has 2 saturated carbocycles. The van der Waals surface area contributed by atoms with Crippen LogP contribution in [-0.4, -0.2) is 48.1 Å². The molecule has 1 spiro atoms. The lowest BCUT2D eigenvalue weighted by Gasteiger charge is -2.39. The average Bonchev–Trinajstić information content (AvgIpc) is 3.66. The smallest absolute Gasteiger partial charge is 0.335 e.